The van der Waals surface area contributed by atoms with Gasteiger partial charge in [0.15, 0.2) is 17.7 Å². The van der Waals surface area contributed by atoms with Crippen LogP contribution in [0.4, 0.5) is 0 Å². The first-order valence-electron chi connectivity index (χ1n) is 22.9. The van der Waals surface area contributed by atoms with Crippen LogP contribution < -0.4 is 11.1 Å². The summed E-state index contributed by atoms with van der Waals surface area (Å²) in [5.74, 6) is -1.78. The van der Waals surface area contributed by atoms with Crippen molar-refractivity contribution in [3.8, 4) is 0 Å². The minimum Gasteiger partial charge on any atom is -0.465 e. The van der Waals surface area contributed by atoms with E-state index in [1.807, 2.05) is 19.9 Å². The molecule has 0 amide bonds. The van der Waals surface area contributed by atoms with Crippen LogP contribution in [0, 0.1) is 57.2 Å². The molecular formula is C48H76N2O8. The SMILES string of the molecule is C=C(C(=O)[C@H](OC(C)=O)[C@@H](C)[C@H]1[C@@H](OC(C)=O)C[C@@]2(C)C3CCC4[C@H](C)C(=O)C=C[C@@]45C[C@@]35CC[C@]12C)[C@@H](C)COC(=O)CCCCCCCCCCNCCCN. The van der Waals surface area contributed by atoms with Gasteiger partial charge in [0.05, 0.1) is 6.61 Å². The molecule has 0 aromatic carbocycles. The smallest absolute Gasteiger partial charge is 0.305 e. The molecule has 5 aliphatic rings. The van der Waals surface area contributed by atoms with Gasteiger partial charge in [0.25, 0.3) is 0 Å². The van der Waals surface area contributed by atoms with Crippen LogP contribution in [0.2, 0.25) is 0 Å². The lowest BCUT2D eigenvalue weighted by Crippen LogP contribution is -2.56. The number of hydrogen-bond donors (Lipinski definition) is 2. The van der Waals surface area contributed by atoms with Gasteiger partial charge in [0.1, 0.15) is 6.10 Å². The van der Waals surface area contributed by atoms with E-state index >= 15 is 0 Å². The van der Waals surface area contributed by atoms with Gasteiger partial charge < -0.3 is 25.3 Å². The number of carbonyl (C=O) groups excluding carboxylic acids is 5. The predicted molar refractivity (Wildman–Crippen MR) is 225 cm³/mol. The summed E-state index contributed by atoms with van der Waals surface area (Å²) in [6, 6.07) is 0. The molecule has 2 spiro atoms. The Labute approximate surface area is 349 Å². The highest BCUT2D eigenvalue weighted by atomic mass is 16.6. The molecule has 58 heavy (non-hydrogen) atoms. The van der Waals surface area contributed by atoms with E-state index < -0.39 is 30.0 Å². The second-order valence-electron chi connectivity index (χ2n) is 19.7. The minimum absolute atomic E-state index is 0.0200. The van der Waals surface area contributed by atoms with Crippen molar-refractivity contribution < 1.29 is 38.2 Å². The van der Waals surface area contributed by atoms with Gasteiger partial charge in [-0.2, -0.15) is 0 Å². The first kappa shape index (κ1) is 46.2. The number of Topliss-reactive ketones (excluding diaryl/α,β-unsaturated/α-hetero) is 1. The van der Waals surface area contributed by atoms with Crippen LogP contribution in [0.25, 0.3) is 0 Å². The molecule has 0 radical (unpaired) electrons. The topological polar surface area (TPSA) is 151 Å². The van der Waals surface area contributed by atoms with E-state index in [1.165, 1.54) is 46.0 Å². The van der Waals surface area contributed by atoms with Crippen molar-refractivity contribution in [1.82, 2.24) is 5.32 Å². The standard InChI is InChI=1S/C48H76N2O8/c1-31(29-56-41(54)18-15-13-11-9-10-12-14-16-26-50-27-17-25-49)32(2)43(55)44(58-36(6)52)34(4)42-39(57-35(5)51)28-46(8)40-20-19-37-33(3)38(53)21-22-47(37)30-48(40,47)24-23-45(42,46)7/h21-22,31,33-34,37,39-40,42,44,50H,2,9-20,23-30,49H2,1,3-8H3/t31-,33-,34-,37?,39-,40?,42-,44+,45+,46-,47+,48-/m0/s1. The fraction of sp³-hybridized carbons (Fsp3) is 0.812. The summed E-state index contributed by atoms with van der Waals surface area (Å²) in [6.07, 6.45) is 18.4. The van der Waals surface area contributed by atoms with Gasteiger partial charge in [0.2, 0.25) is 0 Å². The Balaban J connectivity index is 1.17. The van der Waals surface area contributed by atoms with Crippen molar-refractivity contribution in [2.24, 2.45) is 62.9 Å². The summed E-state index contributed by atoms with van der Waals surface area (Å²) in [7, 11) is 0. The minimum atomic E-state index is -1.13. The van der Waals surface area contributed by atoms with Crippen LogP contribution in [0.15, 0.2) is 24.3 Å². The van der Waals surface area contributed by atoms with E-state index in [9.17, 15) is 24.0 Å². The molecule has 10 heteroatoms. The maximum Gasteiger partial charge on any atom is 0.305 e. The van der Waals surface area contributed by atoms with E-state index in [0.717, 1.165) is 77.4 Å². The molecule has 2 unspecified atom stereocenters. The van der Waals surface area contributed by atoms with Crippen molar-refractivity contribution in [3.63, 3.8) is 0 Å². The maximum absolute atomic E-state index is 14.4. The molecule has 0 aromatic heterocycles. The fourth-order valence-electron chi connectivity index (χ4n) is 13.2. The largest absolute Gasteiger partial charge is 0.465 e. The van der Waals surface area contributed by atoms with Gasteiger partial charge in [-0.1, -0.05) is 85.8 Å². The summed E-state index contributed by atoms with van der Waals surface area (Å²) in [6.45, 7) is 20.3. The first-order chi connectivity index (χ1) is 27.5. The Kier molecular flexibility index (Phi) is 15.3. The lowest BCUT2D eigenvalue weighted by molar-refractivity contribution is -0.166. The predicted octanol–water partition coefficient (Wildman–Crippen LogP) is 8.24. The van der Waals surface area contributed by atoms with E-state index in [0.29, 0.717) is 24.7 Å². The zero-order valence-electron chi connectivity index (χ0n) is 37.0. The molecule has 0 aromatic rings. The number of nitrogens with one attached hydrogen (secondary N) is 1. The molecule has 0 saturated heterocycles. The quantitative estimate of drug-likeness (QED) is 0.0447. The van der Waals surface area contributed by atoms with Gasteiger partial charge in [-0.05, 0) is 123 Å². The van der Waals surface area contributed by atoms with Crippen LogP contribution >= 0.6 is 0 Å². The molecule has 0 aliphatic heterocycles. The summed E-state index contributed by atoms with van der Waals surface area (Å²) in [4.78, 5) is 65.2. The first-order valence-corrected chi connectivity index (χ1v) is 22.9. The molecule has 4 fully saturated rings. The normalized spacial score (nSPS) is 34.7. The Morgan fingerprint density at radius 1 is 0.914 bits per heavy atom. The number of unbranched alkanes of at least 4 members (excludes halogenated alkanes) is 7. The molecule has 4 saturated carbocycles. The third-order valence-electron chi connectivity index (χ3n) is 16.4. The average Bonchev–Trinajstić information content (AvgIpc) is 3.79. The molecule has 5 rings (SSSR count). The summed E-state index contributed by atoms with van der Waals surface area (Å²) >= 11 is 0. The Morgan fingerprint density at radius 3 is 2.22 bits per heavy atom. The zero-order valence-corrected chi connectivity index (χ0v) is 37.0. The summed E-state index contributed by atoms with van der Waals surface area (Å²) < 4.78 is 17.7. The molecule has 5 aliphatic carbocycles. The molecule has 10 nitrogen and oxygen atoms in total. The Morgan fingerprint density at radius 2 is 1.57 bits per heavy atom. The molecule has 12 atom stereocenters. The van der Waals surface area contributed by atoms with Gasteiger partial charge in [-0.15, -0.1) is 0 Å². The van der Waals surface area contributed by atoms with Crippen molar-refractivity contribution in [2.75, 3.05) is 26.2 Å². The lowest BCUT2D eigenvalue weighted by Gasteiger charge is -2.61. The number of allylic oxidation sites excluding steroid dienone is 2. The molecule has 326 valence electrons. The number of ether oxygens (including phenoxy) is 3. The van der Waals surface area contributed by atoms with E-state index in [-0.39, 0.29) is 69.2 Å². The second kappa shape index (κ2) is 19.2. The number of carbonyl (C=O) groups is 5. The third-order valence-corrected chi connectivity index (χ3v) is 16.4. The highest BCUT2D eigenvalue weighted by Gasteiger charge is 2.81. The van der Waals surface area contributed by atoms with Crippen molar-refractivity contribution in [2.45, 2.75) is 163 Å². The van der Waals surface area contributed by atoms with Crippen LogP contribution in [-0.4, -0.2) is 67.9 Å². The number of hydrogen-bond acceptors (Lipinski definition) is 10. The summed E-state index contributed by atoms with van der Waals surface area (Å²) in [5, 5.41) is 3.42. The summed E-state index contributed by atoms with van der Waals surface area (Å²) in [5.41, 5.74) is 5.41. The van der Waals surface area contributed by atoms with Crippen molar-refractivity contribution in [3.05, 3.63) is 24.3 Å². The van der Waals surface area contributed by atoms with Crippen LogP contribution in [0.1, 0.15) is 151 Å². The van der Waals surface area contributed by atoms with Crippen molar-refractivity contribution in [1.29, 1.82) is 0 Å². The zero-order chi connectivity index (χ0) is 42.5. The van der Waals surface area contributed by atoms with Crippen LogP contribution in [-0.2, 0) is 38.2 Å². The number of fused-ring (bicyclic) bond motifs is 2. The van der Waals surface area contributed by atoms with Crippen LogP contribution in [0.3, 0.4) is 0 Å². The van der Waals surface area contributed by atoms with E-state index in [2.05, 4.69) is 38.7 Å². The van der Waals surface area contributed by atoms with Gasteiger partial charge >= 0.3 is 17.9 Å². The molecule has 3 N–H and O–H groups in total. The average molecular weight is 809 g/mol. The number of nitrogens with two attached hydrogens (primary N) is 1. The van der Waals surface area contributed by atoms with Crippen LogP contribution in [0.5, 0.6) is 0 Å². The lowest BCUT2D eigenvalue weighted by atomic mass is 9.43. The number of esters is 3. The Bertz CT molecular complexity index is 1560. The van der Waals surface area contributed by atoms with E-state index in [1.54, 1.807) is 0 Å². The highest BCUT2D eigenvalue weighted by Crippen LogP contribution is 2.87. The fourth-order valence-corrected chi connectivity index (χ4v) is 13.2. The molecular weight excluding hydrogens is 733 g/mol. The monoisotopic (exact) mass is 809 g/mol. The van der Waals surface area contributed by atoms with E-state index in [4.69, 9.17) is 19.9 Å². The number of rotatable bonds is 23. The highest BCUT2D eigenvalue weighted by molar-refractivity contribution is 6.00. The van der Waals surface area contributed by atoms with Gasteiger partial charge in [-0.25, -0.2) is 0 Å². The van der Waals surface area contributed by atoms with Crippen molar-refractivity contribution >= 4 is 29.5 Å². The maximum atomic E-state index is 14.4. The molecule has 0 heterocycles. The Hall–Kier alpha value is -2.85. The molecule has 0 bridgehead atoms. The van der Waals surface area contributed by atoms with Gasteiger partial charge in [0, 0.05) is 43.9 Å². The van der Waals surface area contributed by atoms with Gasteiger partial charge in [-0.3, -0.25) is 24.0 Å². The second-order valence-corrected chi connectivity index (χ2v) is 19.7. The number of ketones is 2. The third kappa shape index (κ3) is 9.08.